The van der Waals surface area contributed by atoms with E-state index in [1.54, 1.807) is 0 Å². The van der Waals surface area contributed by atoms with Crippen LogP contribution in [0, 0.1) is 20.8 Å². The maximum atomic E-state index is 10.3. The van der Waals surface area contributed by atoms with Gasteiger partial charge in [-0.15, -0.1) is 0 Å². The molecule has 8 heteroatoms. The summed E-state index contributed by atoms with van der Waals surface area (Å²) in [6.07, 6.45) is 5.89. The molecule has 170 valence electrons. The molecule has 2 aliphatic rings. The van der Waals surface area contributed by atoms with Crippen LogP contribution >= 0.6 is 0 Å². The largest absolute Gasteiger partial charge is 0.390 e. The van der Waals surface area contributed by atoms with Crippen LogP contribution in [-0.2, 0) is 0 Å². The summed E-state index contributed by atoms with van der Waals surface area (Å²) in [6, 6.07) is 4.45. The van der Waals surface area contributed by atoms with E-state index in [-0.39, 0.29) is 0 Å². The molecule has 1 aliphatic heterocycles. The molecule has 0 aromatic carbocycles. The highest BCUT2D eigenvalue weighted by molar-refractivity contribution is 5.67. The fourth-order valence-corrected chi connectivity index (χ4v) is 4.84. The Morgan fingerprint density at radius 1 is 0.969 bits per heavy atom. The van der Waals surface area contributed by atoms with Crippen molar-refractivity contribution in [3.63, 3.8) is 0 Å². The van der Waals surface area contributed by atoms with Crippen LogP contribution in [-0.4, -0.2) is 54.4 Å². The molecule has 5 rings (SSSR count). The highest BCUT2D eigenvalue weighted by Crippen LogP contribution is 2.32. The molecule has 0 unspecified atom stereocenters. The molecule has 1 saturated heterocycles. The lowest BCUT2D eigenvalue weighted by Crippen LogP contribution is -2.36. The van der Waals surface area contributed by atoms with Crippen LogP contribution in [0.25, 0.3) is 17.0 Å². The molecular formula is C24H33N7O. The maximum absolute atomic E-state index is 10.3. The van der Waals surface area contributed by atoms with E-state index < -0.39 is 5.60 Å². The first kappa shape index (κ1) is 21.1. The zero-order valence-electron chi connectivity index (χ0n) is 19.5. The average Bonchev–Trinajstić information content (AvgIpc) is 3.42. The second kappa shape index (κ2) is 7.99. The van der Waals surface area contributed by atoms with Gasteiger partial charge in [0, 0.05) is 31.3 Å². The van der Waals surface area contributed by atoms with Crippen molar-refractivity contribution in [1.82, 2.24) is 24.6 Å². The second-order valence-corrected chi connectivity index (χ2v) is 9.74. The summed E-state index contributed by atoms with van der Waals surface area (Å²) in [5, 5.41) is 18.9. The van der Waals surface area contributed by atoms with Crippen LogP contribution in [0.15, 0.2) is 12.1 Å². The van der Waals surface area contributed by atoms with Gasteiger partial charge >= 0.3 is 0 Å². The molecule has 4 heterocycles. The highest BCUT2D eigenvalue weighted by atomic mass is 16.3. The Labute approximate surface area is 189 Å². The lowest BCUT2D eigenvalue weighted by molar-refractivity contribution is 0.0196. The molecule has 0 radical (unpaired) electrons. The number of anilines is 2. The molecule has 3 aromatic heterocycles. The molecule has 0 amide bonds. The van der Waals surface area contributed by atoms with E-state index >= 15 is 0 Å². The Morgan fingerprint density at radius 3 is 2.38 bits per heavy atom. The van der Waals surface area contributed by atoms with Gasteiger partial charge in [0.25, 0.3) is 0 Å². The van der Waals surface area contributed by atoms with Crippen molar-refractivity contribution in [2.75, 3.05) is 23.3 Å². The van der Waals surface area contributed by atoms with E-state index in [0.29, 0.717) is 6.04 Å². The van der Waals surface area contributed by atoms with Crippen molar-refractivity contribution in [2.24, 2.45) is 0 Å². The zero-order valence-corrected chi connectivity index (χ0v) is 19.5. The molecule has 0 atom stereocenters. The lowest BCUT2D eigenvalue weighted by Gasteiger charge is -2.34. The van der Waals surface area contributed by atoms with Crippen molar-refractivity contribution in [2.45, 2.75) is 77.9 Å². The van der Waals surface area contributed by atoms with Crippen LogP contribution < -0.4 is 10.2 Å². The molecule has 32 heavy (non-hydrogen) atoms. The predicted octanol–water partition coefficient (Wildman–Crippen LogP) is 3.82. The first-order valence-electron chi connectivity index (χ1n) is 11.8. The number of fused-ring (bicyclic) bond motifs is 1. The monoisotopic (exact) mass is 435 g/mol. The average molecular weight is 436 g/mol. The number of aromatic nitrogens is 5. The van der Waals surface area contributed by atoms with Crippen molar-refractivity contribution in [3.8, 4) is 11.4 Å². The number of aryl methyl sites for hydroxylation is 3. The Hall–Kier alpha value is -2.74. The number of nitrogens with zero attached hydrogens (tertiary/aromatic N) is 6. The minimum atomic E-state index is -0.551. The van der Waals surface area contributed by atoms with E-state index in [2.05, 4.69) is 21.3 Å². The summed E-state index contributed by atoms with van der Waals surface area (Å²) < 4.78 is 1.90. The van der Waals surface area contributed by atoms with E-state index in [4.69, 9.17) is 15.1 Å². The van der Waals surface area contributed by atoms with Gasteiger partial charge in [0.1, 0.15) is 23.0 Å². The van der Waals surface area contributed by atoms with Gasteiger partial charge in [0.05, 0.1) is 22.7 Å². The number of aliphatic hydroxyl groups is 1. The third-order valence-electron chi connectivity index (χ3n) is 6.98. The van der Waals surface area contributed by atoms with Gasteiger partial charge in [-0.3, -0.25) is 4.98 Å². The van der Waals surface area contributed by atoms with Crippen molar-refractivity contribution < 1.29 is 5.11 Å². The fourth-order valence-electron chi connectivity index (χ4n) is 4.84. The second-order valence-electron chi connectivity index (χ2n) is 9.74. The van der Waals surface area contributed by atoms with Gasteiger partial charge in [-0.2, -0.15) is 9.61 Å². The summed E-state index contributed by atoms with van der Waals surface area (Å²) >= 11 is 0. The highest BCUT2D eigenvalue weighted by Gasteiger charge is 2.29. The quantitative estimate of drug-likeness (QED) is 0.644. The molecule has 0 spiro atoms. The summed E-state index contributed by atoms with van der Waals surface area (Å²) in [6.45, 7) is 9.96. The van der Waals surface area contributed by atoms with Gasteiger partial charge in [-0.25, -0.2) is 9.97 Å². The van der Waals surface area contributed by atoms with Crippen molar-refractivity contribution >= 4 is 17.3 Å². The van der Waals surface area contributed by atoms with E-state index in [1.807, 2.05) is 38.3 Å². The summed E-state index contributed by atoms with van der Waals surface area (Å²) in [4.78, 5) is 16.7. The van der Waals surface area contributed by atoms with Gasteiger partial charge in [-0.05, 0) is 66.2 Å². The van der Waals surface area contributed by atoms with Crippen LogP contribution in [0.5, 0.6) is 0 Å². The molecule has 0 bridgehead atoms. The standard InChI is InChI=1S/C24H33N7O/c1-15-16(2)26-23(17(3)25-15)19-13-21-28-20(30-11-5-6-12-30)14-22(31(21)29-19)27-18-7-9-24(4,32)10-8-18/h13-14,18,27,32H,5-12H2,1-4H3. The minimum absolute atomic E-state index is 0.308. The molecule has 3 aromatic rings. The van der Waals surface area contributed by atoms with Gasteiger partial charge in [-0.1, -0.05) is 0 Å². The summed E-state index contributed by atoms with van der Waals surface area (Å²) in [5.74, 6) is 1.94. The van der Waals surface area contributed by atoms with Gasteiger partial charge in [0.2, 0.25) is 0 Å². The first-order valence-corrected chi connectivity index (χ1v) is 11.8. The first-order chi connectivity index (χ1) is 15.3. The smallest absolute Gasteiger partial charge is 0.160 e. The SMILES string of the molecule is Cc1nc(C)c(-c2cc3nc(N4CCCC4)cc(NC4CCC(C)(O)CC4)n3n2)nc1C. The van der Waals surface area contributed by atoms with E-state index in [0.717, 1.165) is 84.5 Å². The van der Waals surface area contributed by atoms with Crippen LogP contribution in [0.2, 0.25) is 0 Å². The summed E-state index contributed by atoms with van der Waals surface area (Å²) in [7, 11) is 0. The zero-order chi connectivity index (χ0) is 22.5. The van der Waals surface area contributed by atoms with Crippen LogP contribution in [0.1, 0.15) is 62.5 Å². The molecule has 2 N–H and O–H groups in total. The number of hydrogen-bond acceptors (Lipinski definition) is 7. The Bertz CT molecular complexity index is 1140. The van der Waals surface area contributed by atoms with Crippen molar-refractivity contribution in [3.05, 3.63) is 29.2 Å². The fraction of sp³-hybridized carbons (Fsp3) is 0.583. The molecule has 1 aliphatic carbocycles. The van der Waals surface area contributed by atoms with Gasteiger partial charge in [0.15, 0.2) is 5.65 Å². The van der Waals surface area contributed by atoms with Gasteiger partial charge < -0.3 is 15.3 Å². The Morgan fingerprint density at radius 2 is 1.66 bits per heavy atom. The topological polar surface area (TPSA) is 91.5 Å². The van der Waals surface area contributed by atoms with E-state index in [9.17, 15) is 5.11 Å². The molecule has 2 fully saturated rings. The predicted molar refractivity (Wildman–Crippen MR) is 126 cm³/mol. The normalized spacial score (nSPS) is 23.8. The Kier molecular flexibility index (Phi) is 5.28. The molecule has 1 saturated carbocycles. The third kappa shape index (κ3) is 4.03. The lowest BCUT2D eigenvalue weighted by atomic mass is 9.84. The van der Waals surface area contributed by atoms with E-state index in [1.165, 1.54) is 12.8 Å². The minimum Gasteiger partial charge on any atom is -0.390 e. The van der Waals surface area contributed by atoms with Crippen LogP contribution in [0.3, 0.4) is 0 Å². The number of rotatable bonds is 4. The maximum Gasteiger partial charge on any atom is 0.160 e. The molecule has 8 nitrogen and oxygen atoms in total. The van der Waals surface area contributed by atoms with Crippen molar-refractivity contribution in [1.29, 1.82) is 0 Å². The summed E-state index contributed by atoms with van der Waals surface area (Å²) in [5.41, 5.74) is 4.60. The number of nitrogens with one attached hydrogen (secondary N) is 1. The number of hydrogen-bond donors (Lipinski definition) is 2. The third-order valence-corrected chi connectivity index (χ3v) is 6.98. The molecular weight excluding hydrogens is 402 g/mol. The Balaban J connectivity index is 1.55. The van der Waals surface area contributed by atoms with Crippen LogP contribution in [0.4, 0.5) is 11.6 Å².